The molecule has 0 bridgehead atoms. The van der Waals surface area contributed by atoms with Crippen LogP contribution in [0.25, 0.3) is 0 Å². The maximum atomic E-state index is 13.0. The van der Waals surface area contributed by atoms with Crippen molar-refractivity contribution in [2.45, 2.75) is 43.1 Å². The summed E-state index contributed by atoms with van der Waals surface area (Å²) in [5.41, 5.74) is 0.589. The summed E-state index contributed by atoms with van der Waals surface area (Å²) in [6, 6.07) is 13.7. The standard InChI is InChI=1S/C25H24F3N3O4S/c26-25(27,28)20-8-6-18(7-9-20)17-35-21-4-1-3-19(15-21)16-30-24(32)23-5-2-14-31(23)36(33,34)22-10-12-29-13-11-22/h1,3-4,6-13,15,23H,2,5,14,16-17H2,(H,30,32)/t23-/m0/s1. The highest BCUT2D eigenvalue weighted by atomic mass is 32.2. The molecule has 1 amide bonds. The van der Waals surface area contributed by atoms with Gasteiger partial charge >= 0.3 is 6.18 Å². The molecule has 1 N–H and O–H groups in total. The third-order valence-electron chi connectivity index (χ3n) is 5.81. The first-order chi connectivity index (χ1) is 17.1. The summed E-state index contributed by atoms with van der Waals surface area (Å²) in [7, 11) is -3.82. The van der Waals surface area contributed by atoms with E-state index in [0.29, 0.717) is 24.2 Å². The van der Waals surface area contributed by atoms with Crippen LogP contribution in [0.5, 0.6) is 5.75 Å². The van der Waals surface area contributed by atoms with E-state index in [1.54, 1.807) is 24.3 Å². The van der Waals surface area contributed by atoms with E-state index in [1.165, 1.54) is 41.0 Å². The van der Waals surface area contributed by atoms with Gasteiger partial charge in [-0.25, -0.2) is 8.42 Å². The highest BCUT2D eigenvalue weighted by molar-refractivity contribution is 7.89. The number of carbonyl (C=O) groups is 1. The first-order valence-electron chi connectivity index (χ1n) is 11.2. The Kier molecular flexibility index (Phi) is 7.60. The Balaban J connectivity index is 1.34. The molecule has 1 saturated heterocycles. The van der Waals surface area contributed by atoms with Crippen LogP contribution in [-0.4, -0.2) is 36.2 Å². The molecule has 4 rings (SSSR count). The third kappa shape index (κ3) is 6.03. The first kappa shape index (κ1) is 25.6. The van der Waals surface area contributed by atoms with Crippen molar-refractivity contribution >= 4 is 15.9 Å². The van der Waals surface area contributed by atoms with Crippen LogP contribution in [0.15, 0.2) is 78.0 Å². The van der Waals surface area contributed by atoms with Crippen molar-refractivity contribution < 1.29 is 31.1 Å². The number of nitrogens with one attached hydrogen (secondary N) is 1. The normalized spacial score (nSPS) is 16.6. The molecule has 1 aliphatic heterocycles. The molecule has 2 heterocycles. The monoisotopic (exact) mass is 519 g/mol. The summed E-state index contributed by atoms with van der Waals surface area (Å²) >= 11 is 0. The Hall–Kier alpha value is -3.44. The Morgan fingerprint density at radius 1 is 1.06 bits per heavy atom. The van der Waals surface area contributed by atoms with Gasteiger partial charge in [-0.3, -0.25) is 9.78 Å². The average Bonchev–Trinajstić information content (AvgIpc) is 3.38. The first-order valence-corrected chi connectivity index (χ1v) is 12.7. The van der Waals surface area contributed by atoms with Crippen molar-refractivity contribution in [2.24, 2.45) is 0 Å². The number of aromatic nitrogens is 1. The number of amides is 1. The summed E-state index contributed by atoms with van der Waals surface area (Å²) in [4.78, 5) is 16.8. The summed E-state index contributed by atoms with van der Waals surface area (Å²) in [6.45, 7) is 0.504. The highest BCUT2D eigenvalue weighted by Crippen LogP contribution is 2.29. The number of alkyl halides is 3. The van der Waals surface area contributed by atoms with Crippen LogP contribution in [0.2, 0.25) is 0 Å². The van der Waals surface area contributed by atoms with Crippen molar-refractivity contribution in [2.75, 3.05) is 6.54 Å². The number of nitrogens with zero attached hydrogens (tertiary/aromatic N) is 2. The SMILES string of the molecule is O=C(NCc1cccc(OCc2ccc(C(F)(F)F)cc2)c1)[C@@H]1CCCN1S(=O)(=O)c1ccncc1. The quantitative estimate of drug-likeness (QED) is 0.483. The number of hydrogen-bond donors (Lipinski definition) is 1. The third-order valence-corrected chi connectivity index (χ3v) is 7.74. The zero-order valence-electron chi connectivity index (χ0n) is 19.1. The maximum Gasteiger partial charge on any atom is 0.416 e. The van der Waals surface area contributed by atoms with E-state index < -0.39 is 27.8 Å². The molecular weight excluding hydrogens is 495 g/mol. The molecule has 190 valence electrons. The molecule has 11 heteroatoms. The fourth-order valence-corrected chi connectivity index (χ4v) is 5.59. The van der Waals surface area contributed by atoms with Gasteiger partial charge in [-0.2, -0.15) is 17.5 Å². The minimum absolute atomic E-state index is 0.0812. The van der Waals surface area contributed by atoms with Gasteiger partial charge in [0.1, 0.15) is 18.4 Å². The van der Waals surface area contributed by atoms with Gasteiger partial charge in [0.15, 0.2) is 0 Å². The molecule has 0 saturated carbocycles. The lowest BCUT2D eigenvalue weighted by atomic mass is 10.1. The van der Waals surface area contributed by atoms with Gasteiger partial charge in [0.2, 0.25) is 15.9 Å². The number of carbonyl (C=O) groups excluding carboxylic acids is 1. The molecule has 2 aromatic carbocycles. The van der Waals surface area contributed by atoms with E-state index >= 15 is 0 Å². The predicted molar refractivity (Wildman–Crippen MR) is 125 cm³/mol. The fraction of sp³-hybridized carbons (Fsp3) is 0.280. The Bertz CT molecular complexity index is 1300. The van der Waals surface area contributed by atoms with E-state index in [1.807, 2.05) is 0 Å². The molecule has 1 aromatic heterocycles. The lowest BCUT2D eigenvalue weighted by Gasteiger charge is -2.23. The second-order valence-electron chi connectivity index (χ2n) is 8.31. The molecule has 1 fully saturated rings. The van der Waals surface area contributed by atoms with Crippen molar-refractivity contribution in [1.29, 1.82) is 0 Å². The van der Waals surface area contributed by atoms with E-state index in [-0.39, 0.29) is 30.5 Å². The maximum absolute atomic E-state index is 13.0. The molecule has 36 heavy (non-hydrogen) atoms. The van der Waals surface area contributed by atoms with Gasteiger partial charge in [0, 0.05) is 25.5 Å². The van der Waals surface area contributed by atoms with E-state index in [0.717, 1.165) is 17.7 Å². The van der Waals surface area contributed by atoms with Gasteiger partial charge in [-0.1, -0.05) is 24.3 Å². The number of ether oxygens (including phenoxy) is 1. The summed E-state index contributed by atoms with van der Waals surface area (Å²) in [5, 5.41) is 2.80. The van der Waals surface area contributed by atoms with Gasteiger partial charge in [0.25, 0.3) is 0 Å². The van der Waals surface area contributed by atoms with Crippen LogP contribution >= 0.6 is 0 Å². The van der Waals surface area contributed by atoms with Crippen LogP contribution in [0, 0.1) is 0 Å². The molecule has 0 aliphatic carbocycles. The molecule has 0 spiro atoms. The average molecular weight is 520 g/mol. The second kappa shape index (κ2) is 10.7. The summed E-state index contributed by atoms with van der Waals surface area (Å²) in [5.74, 6) is 0.102. The van der Waals surface area contributed by atoms with Gasteiger partial charge in [-0.05, 0) is 60.4 Å². The van der Waals surface area contributed by atoms with Crippen LogP contribution in [0.4, 0.5) is 13.2 Å². The van der Waals surface area contributed by atoms with Crippen LogP contribution in [-0.2, 0) is 34.1 Å². The van der Waals surface area contributed by atoms with Gasteiger partial charge in [-0.15, -0.1) is 0 Å². The highest BCUT2D eigenvalue weighted by Gasteiger charge is 2.39. The molecule has 1 atom stereocenters. The number of halogens is 3. The topological polar surface area (TPSA) is 88.6 Å². The summed E-state index contributed by atoms with van der Waals surface area (Å²) in [6.07, 6.45) is -0.603. The predicted octanol–water partition coefficient (Wildman–Crippen LogP) is 4.15. The lowest BCUT2D eigenvalue weighted by Crippen LogP contribution is -2.45. The van der Waals surface area contributed by atoms with Crippen molar-refractivity contribution in [1.82, 2.24) is 14.6 Å². The lowest BCUT2D eigenvalue weighted by molar-refractivity contribution is -0.137. The molecule has 7 nitrogen and oxygen atoms in total. The van der Waals surface area contributed by atoms with Crippen LogP contribution in [0.3, 0.4) is 0 Å². The van der Waals surface area contributed by atoms with Gasteiger partial charge < -0.3 is 10.1 Å². The molecular formula is C25H24F3N3O4S. The molecule has 3 aromatic rings. The van der Waals surface area contributed by atoms with Crippen molar-refractivity contribution in [3.63, 3.8) is 0 Å². The Labute approximate surface area is 207 Å². The Morgan fingerprint density at radius 2 is 1.78 bits per heavy atom. The van der Waals surface area contributed by atoms with Crippen molar-refractivity contribution in [3.05, 3.63) is 89.7 Å². The molecule has 1 aliphatic rings. The number of sulfonamides is 1. The smallest absolute Gasteiger partial charge is 0.416 e. The largest absolute Gasteiger partial charge is 0.489 e. The van der Waals surface area contributed by atoms with Crippen molar-refractivity contribution in [3.8, 4) is 5.75 Å². The number of benzene rings is 2. The Morgan fingerprint density at radius 3 is 2.47 bits per heavy atom. The number of rotatable bonds is 8. The zero-order valence-corrected chi connectivity index (χ0v) is 19.9. The minimum Gasteiger partial charge on any atom is -0.489 e. The van der Waals surface area contributed by atoms with E-state index in [2.05, 4.69) is 10.3 Å². The van der Waals surface area contributed by atoms with E-state index in [9.17, 15) is 26.4 Å². The zero-order chi connectivity index (χ0) is 25.8. The molecule has 0 radical (unpaired) electrons. The summed E-state index contributed by atoms with van der Waals surface area (Å²) < 4.78 is 71.0. The number of hydrogen-bond acceptors (Lipinski definition) is 5. The number of pyridine rings is 1. The second-order valence-corrected chi connectivity index (χ2v) is 10.2. The van der Waals surface area contributed by atoms with E-state index in [4.69, 9.17) is 4.74 Å². The van der Waals surface area contributed by atoms with Crippen LogP contribution in [0.1, 0.15) is 29.5 Å². The fourth-order valence-electron chi connectivity index (χ4n) is 3.94. The minimum atomic E-state index is -4.39. The van der Waals surface area contributed by atoms with Crippen LogP contribution < -0.4 is 10.1 Å². The van der Waals surface area contributed by atoms with Gasteiger partial charge in [0.05, 0.1) is 10.5 Å². The molecule has 0 unspecified atom stereocenters.